The summed E-state index contributed by atoms with van der Waals surface area (Å²) in [5, 5.41) is 8.70. The molecule has 0 amide bonds. The second-order valence-electron chi connectivity index (χ2n) is 8.70. The zero-order valence-electron chi connectivity index (χ0n) is 20.1. The summed E-state index contributed by atoms with van der Waals surface area (Å²) in [7, 11) is 0. The highest BCUT2D eigenvalue weighted by atomic mass is 16.7. The fourth-order valence-corrected chi connectivity index (χ4v) is 3.91. The number of hydrogen-bond donors (Lipinski definition) is 1. The van der Waals surface area contributed by atoms with E-state index in [9.17, 15) is 4.79 Å². The third-order valence-electron chi connectivity index (χ3n) is 5.76. The molecule has 1 atom stereocenters. The molecule has 0 bridgehead atoms. The van der Waals surface area contributed by atoms with E-state index in [-0.39, 0.29) is 6.61 Å². The van der Waals surface area contributed by atoms with Crippen LogP contribution in [0.4, 0.5) is 0 Å². The summed E-state index contributed by atoms with van der Waals surface area (Å²) in [6, 6.07) is 7.98. The topological polar surface area (TPSA) is 55.8 Å². The van der Waals surface area contributed by atoms with Gasteiger partial charge in [0.05, 0.1) is 0 Å². The fraction of sp³-hybridized carbons (Fsp3) is 0.741. The molecule has 0 fully saturated rings. The van der Waals surface area contributed by atoms with E-state index < -0.39 is 12.3 Å². The van der Waals surface area contributed by atoms with E-state index in [1.54, 1.807) is 6.92 Å². The molecule has 0 radical (unpaired) electrons. The van der Waals surface area contributed by atoms with E-state index in [2.05, 4.69) is 13.0 Å². The van der Waals surface area contributed by atoms with E-state index in [0.717, 1.165) is 18.6 Å². The Morgan fingerprint density at radius 3 is 1.81 bits per heavy atom. The Morgan fingerprint density at radius 2 is 1.29 bits per heavy atom. The van der Waals surface area contributed by atoms with Crippen LogP contribution in [-0.2, 0) is 16.0 Å². The number of aliphatic carboxylic acids is 1. The lowest BCUT2D eigenvalue weighted by Gasteiger charge is -2.17. The van der Waals surface area contributed by atoms with E-state index in [1.807, 2.05) is 18.2 Å². The number of carboxylic acids is 1. The molecule has 0 saturated heterocycles. The van der Waals surface area contributed by atoms with Gasteiger partial charge in [0.25, 0.3) is 0 Å². The number of benzene rings is 1. The summed E-state index contributed by atoms with van der Waals surface area (Å²) >= 11 is 0. The van der Waals surface area contributed by atoms with Crippen LogP contribution in [0.2, 0.25) is 0 Å². The highest BCUT2D eigenvalue weighted by molar-refractivity contribution is 5.68. The molecular formula is C27H46O4. The van der Waals surface area contributed by atoms with E-state index in [0.29, 0.717) is 0 Å². The van der Waals surface area contributed by atoms with E-state index >= 15 is 0 Å². The molecule has 0 aromatic heterocycles. The SMILES string of the molecule is CCCCCCCCCCCCCCCCCc1ccccc1OC(C)OCC(=O)O. The van der Waals surface area contributed by atoms with Crippen molar-refractivity contribution in [3.63, 3.8) is 0 Å². The Kier molecular flexibility index (Phi) is 17.0. The molecule has 0 aliphatic rings. The lowest BCUT2D eigenvalue weighted by atomic mass is 10.0. The van der Waals surface area contributed by atoms with Crippen molar-refractivity contribution in [3.05, 3.63) is 29.8 Å². The van der Waals surface area contributed by atoms with Gasteiger partial charge in [-0.3, -0.25) is 0 Å². The summed E-state index contributed by atoms with van der Waals surface area (Å²) in [6.07, 6.45) is 20.9. The number of carboxylic acid groups (broad SMARTS) is 1. The molecular weight excluding hydrogens is 388 g/mol. The highest BCUT2D eigenvalue weighted by Gasteiger charge is 2.10. The van der Waals surface area contributed by atoms with Gasteiger partial charge in [-0.25, -0.2) is 4.79 Å². The van der Waals surface area contributed by atoms with Gasteiger partial charge in [-0.2, -0.15) is 0 Å². The number of ether oxygens (including phenoxy) is 2. The minimum atomic E-state index is -0.985. The first-order chi connectivity index (χ1) is 15.1. The molecule has 1 N–H and O–H groups in total. The van der Waals surface area contributed by atoms with Gasteiger partial charge in [-0.15, -0.1) is 0 Å². The average Bonchev–Trinajstić information content (AvgIpc) is 2.76. The van der Waals surface area contributed by atoms with Crippen molar-refractivity contribution < 1.29 is 19.4 Å². The molecule has 178 valence electrons. The van der Waals surface area contributed by atoms with Gasteiger partial charge in [-0.05, 0) is 31.4 Å². The number of unbranched alkanes of at least 4 members (excludes halogenated alkanes) is 14. The average molecular weight is 435 g/mol. The zero-order valence-corrected chi connectivity index (χ0v) is 20.1. The maximum absolute atomic E-state index is 10.6. The molecule has 1 aromatic rings. The predicted molar refractivity (Wildman–Crippen MR) is 129 cm³/mol. The number of hydrogen-bond acceptors (Lipinski definition) is 3. The van der Waals surface area contributed by atoms with Crippen molar-refractivity contribution in [1.82, 2.24) is 0 Å². The fourth-order valence-electron chi connectivity index (χ4n) is 3.91. The maximum Gasteiger partial charge on any atom is 0.329 e. The molecule has 0 aliphatic carbocycles. The van der Waals surface area contributed by atoms with Gasteiger partial charge in [0.1, 0.15) is 12.4 Å². The van der Waals surface area contributed by atoms with Crippen LogP contribution in [-0.4, -0.2) is 24.0 Å². The highest BCUT2D eigenvalue weighted by Crippen LogP contribution is 2.22. The van der Waals surface area contributed by atoms with Crippen molar-refractivity contribution in [2.24, 2.45) is 0 Å². The summed E-state index contributed by atoms with van der Waals surface area (Å²) in [5.74, 6) is -0.188. The van der Waals surface area contributed by atoms with Crippen molar-refractivity contribution >= 4 is 5.97 Å². The molecule has 0 spiro atoms. The van der Waals surface area contributed by atoms with Crippen LogP contribution in [0, 0.1) is 0 Å². The van der Waals surface area contributed by atoms with Gasteiger partial charge in [0.15, 0.2) is 6.29 Å². The third kappa shape index (κ3) is 15.8. The van der Waals surface area contributed by atoms with Gasteiger partial charge in [0, 0.05) is 0 Å². The minimum Gasteiger partial charge on any atom is -0.480 e. The van der Waals surface area contributed by atoms with Crippen LogP contribution in [0.3, 0.4) is 0 Å². The van der Waals surface area contributed by atoms with Crippen LogP contribution in [0.25, 0.3) is 0 Å². The summed E-state index contributed by atoms with van der Waals surface area (Å²) in [5.41, 5.74) is 1.17. The number of para-hydroxylation sites is 1. The Balaban J connectivity index is 2.01. The van der Waals surface area contributed by atoms with Crippen LogP contribution in [0.5, 0.6) is 5.75 Å². The lowest BCUT2D eigenvalue weighted by Crippen LogP contribution is -2.21. The zero-order chi connectivity index (χ0) is 22.6. The van der Waals surface area contributed by atoms with E-state index in [4.69, 9.17) is 14.6 Å². The smallest absolute Gasteiger partial charge is 0.329 e. The molecule has 1 unspecified atom stereocenters. The number of aryl methyl sites for hydroxylation is 1. The summed E-state index contributed by atoms with van der Waals surface area (Å²) in [6.45, 7) is 3.66. The molecule has 1 rings (SSSR count). The molecule has 0 saturated carbocycles. The monoisotopic (exact) mass is 434 g/mol. The van der Waals surface area contributed by atoms with Gasteiger partial charge < -0.3 is 14.6 Å². The molecule has 4 heteroatoms. The summed E-state index contributed by atoms with van der Waals surface area (Å²) in [4.78, 5) is 10.6. The molecule has 0 aliphatic heterocycles. The Bertz CT molecular complexity index is 558. The first-order valence-corrected chi connectivity index (χ1v) is 12.7. The summed E-state index contributed by atoms with van der Waals surface area (Å²) < 4.78 is 11.0. The molecule has 0 heterocycles. The second kappa shape index (κ2) is 19.2. The Labute approximate surface area is 190 Å². The van der Waals surface area contributed by atoms with Crippen molar-refractivity contribution in [2.45, 2.75) is 123 Å². The lowest BCUT2D eigenvalue weighted by molar-refractivity contribution is -0.151. The molecule has 1 aromatic carbocycles. The van der Waals surface area contributed by atoms with Gasteiger partial charge in [0.2, 0.25) is 0 Å². The van der Waals surface area contributed by atoms with Gasteiger partial charge in [-0.1, -0.05) is 115 Å². The molecule has 4 nitrogen and oxygen atoms in total. The first kappa shape index (κ1) is 27.5. The second-order valence-corrected chi connectivity index (χ2v) is 8.70. The third-order valence-corrected chi connectivity index (χ3v) is 5.76. The van der Waals surface area contributed by atoms with Crippen molar-refractivity contribution in [3.8, 4) is 5.75 Å². The number of rotatable bonds is 21. The van der Waals surface area contributed by atoms with Crippen LogP contribution >= 0.6 is 0 Å². The number of carbonyl (C=O) groups is 1. The first-order valence-electron chi connectivity index (χ1n) is 12.7. The quantitative estimate of drug-likeness (QED) is 0.158. The molecule has 31 heavy (non-hydrogen) atoms. The largest absolute Gasteiger partial charge is 0.480 e. The van der Waals surface area contributed by atoms with Crippen LogP contribution in [0.15, 0.2) is 24.3 Å². The Morgan fingerprint density at radius 1 is 0.806 bits per heavy atom. The van der Waals surface area contributed by atoms with Crippen LogP contribution < -0.4 is 4.74 Å². The Hall–Kier alpha value is -1.55. The van der Waals surface area contributed by atoms with Crippen molar-refractivity contribution in [2.75, 3.05) is 6.61 Å². The minimum absolute atomic E-state index is 0.345. The van der Waals surface area contributed by atoms with E-state index in [1.165, 1.54) is 95.5 Å². The van der Waals surface area contributed by atoms with Crippen molar-refractivity contribution in [1.29, 1.82) is 0 Å². The standard InChI is InChI=1S/C27H46O4/c1-3-4-5-6-7-8-9-10-11-12-13-14-15-16-17-20-25-21-18-19-22-26(25)31-24(2)30-23-27(28)29/h18-19,21-22,24H,3-17,20,23H2,1-2H3,(H,28,29). The normalized spacial score (nSPS) is 12.1. The van der Waals surface area contributed by atoms with Crippen LogP contribution in [0.1, 0.15) is 116 Å². The van der Waals surface area contributed by atoms with Gasteiger partial charge >= 0.3 is 5.97 Å². The maximum atomic E-state index is 10.6. The predicted octanol–water partition coefficient (Wildman–Crippen LogP) is 7.93.